The number of fused-ring (bicyclic) bond motifs is 1. The minimum absolute atomic E-state index is 0.599. The van der Waals surface area contributed by atoms with Crippen LogP contribution in [0.25, 0.3) is 11.0 Å². The van der Waals surface area contributed by atoms with E-state index in [-0.39, 0.29) is 0 Å². The van der Waals surface area contributed by atoms with Crippen molar-refractivity contribution >= 4 is 22.6 Å². The van der Waals surface area contributed by atoms with Crippen molar-refractivity contribution < 1.29 is 4.74 Å². The van der Waals surface area contributed by atoms with Crippen LogP contribution in [-0.2, 0) is 17.7 Å². The highest BCUT2D eigenvalue weighted by Gasteiger charge is 2.10. The van der Waals surface area contributed by atoms with Crippen LogP contribution in [0.3, 0.4) is 0 Å². The molecule has 0 aliphatic heterocycles. The number of benzene rings is 1. The van der Waals surface area contributed by atoms with Gasteiger partial charge in [-0.05, 0) is 31.2 Å². The fourth-order valence-corrected chi connectivity index (χ4v) is 2.25. The molecule has 0 aliphatic rings. The maximum atomic E-state index is 6.05. The lowest BCUT2D eigenvalue weighted by molar-refractivity contribution is 0.190. The van der Waals surface area contributed by atoms with Crippen molar-refractivity contribution in [2.24, 2.45) is 5.73 Å². The van der Waals surface area contributed by atoms with E-state index < -0.39 is 0 Å². The lowest BCUT2D eigenvalue weighted by atomic mass is 10.3. The van der Waals surface area contributed by atoms with Crippen molar-refractivity contribution in [3.8, 4) is 0 Å². The molecule has 4 nitrogen and oxygen atoms in total. The molecule has 1 aromatic heterocycles. The molecule has 2 rings (SSSR count). The molecule has 0 unspecified atom stereocenters. The monoisotopic (exact) mass is 267 g/mol. The van der Waals surface area contributed by atoms with Crippen molar-refractivity contribution in [3.05, 3.63) is 29.0 Å². The van der Waals surface area contributed by atoms with E-state index in [0.29, 0.717) is 6.54 Å². The summed E-state index contributed by atoms with van der Waals surface area (Å²) in [6, 6.07) is 5.77. The number of aryl methyl sites for hydroxylation is 1. The van der Waals surface area contributed by atoms with E-state index in [1.165, 1.54) is 0 Å². The summed E-state index contributed by atoms with van der Waals surface area (Å²) in [5.41, 5.74) is 7.68. The maximum absolute atomic E-state index is 6.05. The second-order valence-electron chi connectivity index (χ2n) is 4.20. The van der Waals surface area contributed by atoms with Gasteiger partial charge in [-0.1, -0.05) is 11.6 Å². The Hall–Kier alpha value is -1.10. The molecule has 0 aliphatic carbocycles. The van der Waals surface area contributed by atoms with E-state index in [9.17, 15) is 0 Å². The van der Waals surface area contributed by atoms with Gasteiger partial charge >= 0.3 is 0 Å². The van der Waals surface area contributed by atoms with Gasteiger partial charge in [0.05, 0.1) is 11.0 Å². The van der Waals surface area contributed by atoms with Gasteiger partial charge in [-0.2, -0.15) is 0 Å². The summed E-state index contributed by atoms with van der Waals surface area (Å²) >= 11 is 6.05. The number of imidazole rings is 1. The number of nitrogens with zero attached hydrogens (tertiary/aromatic N) is 2. The molecule has 0 spiro atoms. The van der Waals surface area contributed by atoms with Crippen LogP contribution in [0.2, 0.25) is 5.02 Å². The summed E-state index contributed by atoms with van der Waals surface area (Å²) in [4.78, 5) is 4.61. The predicted octanol–water partition coefficient (Wildman–Crippen LogP) is 2.23. The zero-order chi connectivity index (χ0) is 13.0. The van der Waals surface area contributed by atoms with Gasteiger partial charge in [-0.3, -0.25) is 0 Å². The number of hydrogen-bond acceptors (Lipinski definition) is 3. The fourth-order valence-electron chi connectivity index (χ4n) is 2.08. The van der Waals surface area contributed by atoms with Gasteiger partial charge in [-0.15, -0.1) is 0 Å². The van der Waals surface area contributed by atoms with Gasteiger partial charge in [0, 0.05) is 31.7 Å². The van der Waals surface area contributed by atoms with Crippen LogP contribution in [0, 0.1) is 0 Å². The molecule has 0 radical (unpaired) electrons. The highest BCUT2D eigenvalue weighted by molar-refractivity contribution is 6.31. The quantitative estimate of drug-likeness (QED) is 0.817. The molecule has 2 aromatic rings. The summed E-state index contributed by atoms with van der Waals surface area (Å²) in [7, 11) is 1.71. The topological polar surface area (TPSA) is 53.1 Å². The first-order valence-corrected chi connectivity index (χ1v) is 6.47. The number of halogens is 1. The molecular formula is C13H18ClN3O. The van der Waals surface area contributed by atoms with Crippen LogP contribution in [-0.4, -0.2) is 29.8 Å². The first-order chi connectivity index (χ1) is 8.76. The first-order valence-electron chi connectivity index (χ1n) is 6.10. The summed E-state index contributed by atoms with van der Waals surface area (Å²) in [5.74, 6) is 1.02. The minimum atomic E-state index is 0.599. The van der Waals surface area contributed by atoms with Crippen LogP contribution in [0.5, 0.6) is 0 Å². The van der Waals surface area contributed by atoms with Crippen molar-refractivity contribution in [1.29, 1.82) is 0 Å². The van der Waals surface area contributed by atoms with Crippen LogP contribution in [0.1, 0.15) is 12.2 Å². The number of hydrogen-bond donors (Lipinski definition) is 1. The standard InChI is InChI=1S/C13H18ClN3O/c1-18-8-2-7-17-12-9-10(14)3-4-11(12)16-13(17)5-6-15/h3-4,9H,2,5-8,15H2,1H3. The Morgan fingerprint density at radius 2 is 2.28 bits per heavy atom. The highest BCUT2D eigenvalue weighted by atomic mass is 35.5. The molecule has 0 bridgehead atoms. The molecule has 1 heterocycles. The third-order valence-corrected chi connectivity index (χ3v) is 3.12. The second kappa shape index (κ2) is 6.18. The Labute approximate surface area is 112 Å². The summed E-state index contributed by atoms with van der Waals surface area (Å²) in [5, 5.41) is 0.731. The Balaban J connectivity index is 2.36. The van der Waals surface area contributed by atoms with E-state index in [1.807, 2.05) is 18.2 Å². The molecule has 0 atom stereocenters. The maximum Gasteiger partial charge on any atom is 0.111 e. The second-order valence-corrected chi connectivity index (χ2v) is 4.63. The van der Waals surface area contributed by atoms with Crippen LogP contribution in [0.15, 0.2) is 18.2 Å². The number of rotatable bonds is 6. The number of nitrogens with two attached hydrogens (primary N) is 1. The molecule has 18 heavy (non-hydrogen) atoms. The molecule has 0 saturated carbocycles. The zero-order valence-electron chi connectivity index (χ0n) is 10.5. The normalized spacial score (nSPS) is 11.3. The Kier molecular flexibility index (Phi) is 4.58. The van der Waals surface area contributed by atoms with Gasteiger partial charge in [0.25, 0.3) is 0 Å². The number of methoxy groups -OCH3 is 1. The van der Waals surface area contributed by atoms with E-state index in [0.717, 1.165) is 47.9 Å². The van der Waals surface area contributed by atoms with Crippen molar-refractivity contribution in [2.45, 2.75) is 19.4 Å². The summed E-state index contributed by atoms with van der Waals surface area (Å²) in [6.45, 7) is 2.21. The third kappa shape index (κ3) is 2.83. The van der Waals surface area contributed by atoms with Gasteiger partial charge in [0.2, 0.25) is 0 Å². The van der Waals surface area contributed by atoms with Crippen LogP contribution >= 0.6 is 11.6 Å². The molecule has 98 valence electrons. The highest BCUT2D eigenvalue weighted by Crippen LogP contribution is 2.21. The van der Waals surface area contributed by atoms with Gasteiger partial charge in [-0.25, -0.2) is 4.98 Å². The Morgan fingerprint density at radius 3 is 3.00 bits per heavy atom. The average molecular weight is 268 g/mol. The number of aromatic nitrogens is 2. The fraction of sp³-hybridized carbons (Fsp3) is 0.462. The van der Waals surface area contributed by atoms with Crippen LogP contribution < -0.4 is 5.73 Å². The molecule has 1 aromatic carbocycles. The van der Waals surface area contributed by atoms with E-state index >= 15 is 0 Å². The number of ether oxygens (including phenoxy) is 1. The summed E-state index contributed by atoms with van der Waals surface area (Å²) < 4.78 is 7.28. The molecule has 5 heteroatoms. The van der Waals surface area contributed by atoms with Gasteiger partial charge < -0.3 is 15.0 Å². The SMILES string of the molecule is COCCCn1c(CCN)nc2ccc(Cl)cc21. The predicted molar refractivity (Wildman–Crippen MR) is 74.0 cm³/mol. The lowest BCUT2D eigenvalue weighted by Crippen LogP contribution is -2.11. The molecule has 0 fully saturated rings. The molecule has 0 saturated heterocycles. The van der Waals surface area contributed by atoms with Crippen LogP contribution in [0.4, 0.5) is 0 Å². The van der Waals surface area contributed by atoms with Gasteiger partial charge in [0.15, 0.2) is 0 Å². The van der Waals surface area contributed by atoms with Crippen molar-refractivity contribution in [3.63, 3.8) is 0 Å². The largest absolute Gasteiger partial charge is 0.385 e. The molecule has 2 N–H and O–H groups in total. The first kappa shape index (κ1) is 13.3. The van der Waals surface area contributed by atoms with Crippen molar-refractivity contribution in [1.82, 2.24) is 9.55 Å². The zero-order valence-corrected chi connectivity index (χ0v) is 11.3. The average Bonchev–Trinajstić information content (AvgIpc) is 2.68. The lowest BCUT2D eigenvalue weighted by Gasteiger charge is -2.08. The van der Waals surface area contributed by atoms with Crippen molar-refractivity contribution in [2.75, 3.05) is 20.3 Å². The third-order valence-electron chi connectivity index (χ3n) is 2.89. The molecular weight excluding hydrogens is 250 g/mol. The molecule has 0 amide bonds. The van der Waals surface area contributed by atoms with E-state index in [2.05, 4.69) is 9.55 Å². The van der Waals surface area contributed by atoms with E-state index in [1.54, 1.807) is 7.11 Å². The van der Waals surface area contributed by atoms with E-state index in [4.69, 9.17) is 22.1 Å². The Bertz CT molecular complexity index is 524. The van der Waals surface area contributed by atoms with Gasteiger partial charge in [0.1, 0.15) is 5.82 Å². The summed E-state index contributed by atoms with van der Waals surface area (Å²) in [6.07, 6.45) is 1.73. The Morgan fingerprint density at radius 1 is 1.44 bits per heavy atom. The smallest absolute Gasteiger partial charge is 0.111 e. The minimum Gasteiger partial charge on any atom is -0.385 e.